The van der Waals surface area contributed by atoms with E-state index < -0.39 is 11.5 Å². The molecule has 0 radical (unpaired) electrons. The fraction of sp³-hybridized carbons (Fsp3) is 0.240. The van der Waals surface area contributed by atoms with Crippen LogP contribution < -0.4 is 5.32 Å². The summed E-state index contributed by atoms with van der Waals surface area (Å²) in [6.45, 7) is 0. The summed E-state index contributed by atoms with van der Waals surface area (Å²) in [5.41, 5.74) is 2.18. The number of halogens is 1. The van der Waals surface area contributed by atoms with Crippen molar-refractivity contribution < 1.29 is 9.59 Å². The van der Waals surface area contributed by atoms with Crippen molar-refractivity contribution >= 4 is 40.7 Å². The molecule has 4 atom stereocenters. The molecule has 3 aliphatic rings. The van der Waals surface area contributed by atoms with E-state index in [1.54, 1.807) is 24.5 Å². The second kappa shape index (κ2) is 7.44. The number of carbonyl (C=O) groups excluding carboxylic acids is 2. The number of aromatic nitrogens is 1. The Bertz CT molecular complexity index is 1220. The van der Waals surface area contributed by atoms with Crippen LogP contribution in [0.2, 0.25) is 5.02 Å². The van der Waals surface area contributed by atoms with E-state index in [0.717, 1.165) is 22.6 Å². The van der Waals surface area contributed by atoms with E-state index in [4.69, 9.17) is 11.6 Å². The summed E-state index contributed by atoms with van der Waals surface area (Å²) < 4.78 is 0. The van der Waals surface area contributed by atoms with Crippen LogP contribution in [0.25, 0.3) is 0 Å². The van der Waals surface area contributed by atoms with Crippen molar-refractivity contribution in [3.63, 3.8) is 0 Å². The van der Waals surface area contributed by atoms with Crippen LogP contribution in [-0.4, -0.2) is 39.2 Å². The molecule has 4 heterocycles. The molecule has 0 aliphatic carbocycles. The summed E-state index contributed by atoms with van der Waals surface area (Å²) in [5, 5.41) is 3.73. The van der Waals surface area contributed by atoms with Crippen LogP contribution in [0.1, 0.15) is 27.4 Å². The molecule has 5 nitrogen and oxygen atoms in total. The van der Waals surface area contributed by atoms with Gasteiger partial charge in [0.2, 0.25) is 5.91 Å². The average Bonchev–Trinajstić information content (AvgIpc) is 3.48. The maximum absolute atomic E-state index is 14.2. The summed E-state index contributed by atoms with van der Waals surface area (Å²) >= 11 is 7.99. The van der Waals surface area contributed by atoms with Gasteiger partial charge in [-0.3, -0.25) is 19.5 Å². The smallest absolute Gasteiger partial charge is 0.250 e. The van der Waals surface area contributed by atoms with Crippen molar-refractivity contribution in [1.82, 2.24) is 9.88 Å². The highest BCUT2D eigenvalue weighted by atomic mass is 35.5. The highest BCUT2D eigenvalue weighted by Crippen LogP contribution is 2.61. The Labute approximate surface area is 195 Å². The van der Waals surface area contributed by atoms with E-state index in [1.165, 1.54) is 0 Å². The zero-order chi connectivity index (χ0) is 21.9. The second-order valence-electron chi connectivity index (χ2n) is 8.46. The van der Waals surface area contributed by atoms with E-state index in [2.05, 4.69) is 15.2 Å². The number of nitrogens with one attached hydrogen (secondary N) is 1. The van der Waals surface area contributed by atoms with Crippen molar-refractivity contribution in [2.75, 3.05) is 16.9 Å². The molecule has 0 unspecified atom stereocenters. The Balaban J connectivity index is 1.62. The van der Waals surface area contributed by atoms with E-state index in [9.17, 15) is 9.59 Å². The number of ketones is 1. The molecule has 3 aromatic rings. The maximum atomic E-state index is 14.2. The number of nitrogens with zero attached hydrogens (tertiary/aromatic N) is 2. The number of rotatable bonds is 3. The highest BCUT2D eigenvalue weighted by Gasteiger charge is 2.69. The lowest BCUT2D eigenvalue weighted by molar-refractivity contribution is -0.127. The van der Waals surface area contributed by atoms with Gasteiger partial charge < -0.3 is 5.32 Å². The van der Waals surface area contributed by atoms with Crippen molar-refractivity contribution in [1.29, 1.82) is 0 Å². The molecule has 1 aromatic heterocycles. The fourth-order valence-electron chi connectivity index (χ4n) is 5.78. The van der Waals surface area contributed by atoms with E-state index in [0.29, 0.717) is 16.5 Å². The Morgan fingerprint density at radius 1 is 1.12 bits per heavy atom. The van der Waals surface area contributed by atoms with Gasteiger partial charge in [0.05, 0.1) is 5.92 Å². The van der Waals surface area contributed by atoms with Crippen LogP contribution in [-0.2, 0) is 10.3 Å². The van der Waals surface area contributed by atoms with Crippen LogP contribution in [0.4, 0.5) is 5.69 Å². The topological polar surface area (TPSA) is 62.3 Å². The third kappa shape index (κ3) is 2.66. The molecule has 1 spiro atoms. The van der Waals surface area contributed by atoms with Crippen molar-refractivity contribution in [3.05, 3.63) is 94.8 Å². The minimum atomic E-state index is -1.05. The van der Waals surface area contributed by atoms with Crippen LogP contribution >= 0.6 is 23.4 Å². The molecule has 160 valence electrons. The van der Waals surface area contributed by atoms with Gasteiger partial charge >= 0.3 is 0 Å². The van der Waals surface area contributed by atoms with Crippen molar-refractivity contribution in [2.24, 2.45) is 5.92 Å². The molecular weight excluding hydrogens is 442 g/mol. The summed E-state index contributed by atoms with van der Waals surface area (Å²) in [5.74, 6) is 0.665. The minimum absolute atomic E-state index is 0.0516. The number of para-hydroxylation sites is 1. The van der Waals surface area contributed by atoms with Gasteiger partial charge in [0, 0.05) is 57.8 Å². The lowest BCUT2D eigenvalue weighted by atomic mass is 9.69. The van der Waals surface area contributed by atoms with Crippen LogP contribution in [0.15, 0.2) is 73.1 Å². The van der Waals surface area contributed by atoms with Gasteiger partial charge in [-0.1, -0.05) is 41.9 Å². The van der Waals surface area contributed by atoms with Crippen molar-refractivity contribution in [3.8, 4) is 0 Å². The monoisotopic (exact) mass is 461 g/mol. The van der Waals surface area contributed by atoms with E-state index in [1.807, 2.05) is 60.3 Å². The number of hydrogen-bond donors (Lipinski definition) is 1. The van der Waals surface area contributed by atoms with Gasteiger partial charge in [-0.25, -0.2) is 0 Å². The van der Waals surface area contributed by atoms with Crippen molar-refractivity contribution in [2.45, 2.75) is 17.5 Å². The van der Waals surface area contributed by atoms with Gasteiger partial charge in [0.15, 0.2) is 5.78 Å². The van der Waals surface area contributed by atoms with E-state index >= 15 is 0 Å². The standard InChI is InChI=1S/C25H20ClN3O2S/c26-17-9-7-15(8-10-17)21-20-13-32-14-29(20)25(18-5-1-2-6-19(18)28-24(25)31)22(21)23(30)16-4-3-11-27-12-16/h1-12,20-22H,13-14H2,(H,28,31)/t20-,21-,22-,25-/m1/s1. The zero-order valence-corrected chi connectivity index (χ0v) is 18.6. The molecule has 32 heavy (non-hydrogen) atoms. The van der Waals surface area contributed by atoms with Gasteiger partial charge in [0.1, 0.15) is 5.54 Å². The molecular formula is C25H20ClN3O2S. The van der Waals surface area contributed by atoms with Crippen LogP contribution in [0, 0.1) is 5.92 Å². The number of thioether (sulfide) groups is 1. The third-order valence-electron chi connectivity index (χ3n) is 7.01. The fourth-order valence-corrected chi connectivity index (χ4v) is 7.23. The first-order valence-corrected chi connectivity index (χ1v) is 12.1. The number of hydrogen-bond acceptors (Lipinski definition) is 5. The molecule has 0 saturated carbocycles. The molecule has 3 aliphatic heterocycles. The number of pyridine rings is 1. The number of amides is 1. The minimum Gasteiger partial charge on any atom is -0.324 e. The predicted octanol–water partition coefficient (Wildman–Crippen LogP) is 4.55. The third-order valence-corrected chi connectivity index (χ3v) is 8.30. The summed E-state index contributed by atoms with van der Waals surface area (Å²) in [7, 11) is 0. The first-order valence-electron chi connectivity index (χ1n) is 10.6. The Hall–Kier alpha value is -2.67. The van der Waals surface area contributed by atoms with Gasteiger partial charge in [-0.05, 0) is 35.9 Å². The second-order valence-corrected chi connectivity index (χ2v) is 9.90. The number of Topliss-reactive ketones (excluding diaryl/α,β-unsaturated/α-hetero) is 1. The largest absolute Gasteiger partial charge is 0.324 e. The molecule has 1 amide bonds. The molecule has 2 fully saturated rings. The van der Waals surface area contributed by atoms with Gasteiger partial charge in [0.25, 0.3) is 0 Å². The Morgan fingerprint density at radius 2 is 1.94 bits per heavy atom. The normalized spacial score (nSPS) is 28.5. The molecule has 7 heteroatoms. The number of fused-ring (bicyclic) bond motifs is 4. The molecule has 2 aromatic carbocycles. The average molecular weight is 462 g/mol. The summed E-state index contributed by atoms with van der Waals surface area (Å²) in [4.78, 5) is 34.4. The predicted molar refractivity (Wildman–Crippen MR) is 126 cm³/mol. The SMILES string of the molecule is O=C(c1cccnc1)[C@H]1[C@H](c2ccc(Cl)cc2)[C@H]2CSCN2[C@@]12C(=O)Nc1ccccc12. The van der Waals surface area contributed by atoms with E-state index in [-0.39, 0.29) is 23.7 Å². The Morgan fingerprint density at radius 3 is 2.72 bits per heavy atom. The number of benzene rings is 2. The van der Waals surface area contributed by atoms with Gasteiger partial charge in [-0.2, -0.15) is 0 Å². The lowest BCUT2D eigenvalue weighted by Gasteiger charge is -2.36. The zero-order valence-electron chi connectivity index (χ0n) is 17.1. The van der Waals surface area contributed by atoms with Crippen LogP contribution in [0.5, 0.6) is 0 Å². The highest BCUT2D eigenvalue weighted by molar-refractivity contribution is 7.99. The molecule has 0 bridgehead atoms. The number of carbonyl (C=O) groups is 2. The lowest BCUT2D eigenvalue weighted by Crippen LogP contribution is -2.52. The van der Waals surface area contributed by atoms with Gasteiger partial charge in [-0.15, -0.1) is 11.8 Å². The first-order chi connectivity index (χ1) is 15.6. The summed E-state index contributed by atoms with van der Waals surface area (Å²) in [6.07, 6.45) is 3.26. The number of anilines is 1. The van der Waals surface area contributed by atoms with Crippen LogP contribution in [0.3, 0.4) is 0 Å². The Kier molecular flexibility index (Phi) is 4.64. The molecule has 6 rings (SSSR count). The maximum Gasteiger partial charge on any atom is 0.250 e. The summed E-state index contributed by atoms with van der Waals surface area (Å²) in [6, 6.07) is 19.1. The molecule has 1 N–H and O–H groups in total. The quantitative estimate of drug-likeness (QED) is 0.579. The first kappa shape index (κ1) is 20.0. The molecule has 2 saturated heterocycles.